The molecule has 0 atom stereocenters. The predicted molar refractivity (Wildman–Crippen MR) is 330 cm³/mol. The van der Waals surface area contributed by atoms with Crippen molar-refractivity contribution in [1.29, 1.82) is 0 Å². The molecule has 0 fully saturated rings. The van der Waals surface area contributed by atoms with Crippen molar-refractivity contribution < 1.29 is 0 Å². The molecule has 76 heavy (non-hydrogen) atoms. The third-order valence-electron chi connectivity index (χ3n) is 16.0. The van der Waals surface area contributed by atoms with Crippen molar-refractivity contribution in [1.82, 2.24) is 19.9 Å². The predicted octanol–water partition coefficient (Wildman–Crippen LogP) is 21.4. The van der Waals surface area contributed by atoms with E-state index >= 15 is 0 Å². The minimum atomic E-state index is 0.951. The maximum absolute atomic E-state index is 5.65. The lowest BCUT2D eigenvalue weighted by atomic mass is 9.99. The molecule has 4 aromatic carbocycles. The van der Waals surface area contributed by atoms with Crippen molar-refractivity contribution in [2.45, 2.75) is 182 Å². The van der Waals surface area contributed by atoms with E-state index in [9.17, 15) is 0 Å². The van der Waals surface area contributed by atoms with Crippen LogP contribution < -0.4 is 0 Å². The Balaban J connectivity index is 1.23. The van der Waals surface area contributed by atoms with Gasteiger partial charge in [0.05, 0.1) is 22.8 Å². The summed E-state index contributed by atoms with van der Waals surface area (Å²) in [7, 11) is 0. The number of H-pyrrole nitrogens is 2. The molecule has 7 aromatic rings. The normalized spacial score (nSPS) is 12.1. The Morgan fingerprint density at radius 2 is 0.461 bits per heavy atom. The quantitative estimate of drug-likeness (QED) is 0.0480. The van der Waals surface area contributed by atoms with Crippen LogP contribution in [0.2, 0.25) is 0 Å². The molecule has 0 spiro atoms. The van der Waals surface area contributed by atoms with E-state index in [1.54, 1.807) is 0 Å². The summed E-state index contributed by atoms with van der Waals surface area (Å²) in [5.74, 6) is 0. The summed E-state index contributed by atoms with van der Waals surface area (Å²) in [6.45, 7) is 9.16. The molecule has 0 unspecified atom stereocenters. The summed E-state index contributed by atoms with van der Waals surface area (Å²) in [6, 6.07) is 46.3. The zero-order valence-electron chi connectivity index (χ0n) is 46.7. The summed E-state index contributed by atoms with van der Waals surface area (Å²) in [4.78, 5) is 19.3. The fourth-order valence-electron chi connectivity index (χ4n) is 11.5. The van der Waals surface area contributed by atoms with Crippen molar-refractivity contribution >= 4 is 46.4 Å². The maximum atomic E-state index is 5.65. The Kier molecular flexibility index (Phi) is 20.0. The second-order valence-electron chi connectivity index (χ2n) is 21.9. The van der Waals surface area contributed by atoms with E-state index in [2.05, 4.69) is 183 Å². The van der Waals surface area contributed by atoms with Crippen molar-refractivity contribution in [3.05, 3.63) is 166 Å². The second kappa shape index (κ2) is 28.0. The molecule has 0 saturated carbocycles. The number of aromatic nitrogens is 4. The molecule has 394 valence electrons. The Bertz CT molecular complexity index is 2740. The zero-order chi connectivity index (χ0) is 52.3. The number of hydrogen-bond acceptors (Lipinski definition) is 2. The molecule has 2 aliphatic rings. The zero-order valence-corrected chi connectivity index (χ0v) is 46.7. The van der Waals surface area contributed by atoms with Gasteiger partial charge in [-0.3, -0.25) is 0 Å². The number of benzene rings is 4. The van der Waals surface area contributed by atoms with Gasteiger partial charge < -0.3 is 9.97 Å². The van der Waals surface area contributed by atoms with Gasteiger partial charge in [-0.15, -0.1) is 0 Å². The van der Waals surface area contributed by atoms with E-state index < -0.39 is 0 Å². The van der Waals surface area contributed by atoms with Crippen LogP contribution in [0, 0.1) is 0 Å². The summed E-state index contributed by atoms with van der Waals surface area (Å²) < 4.78 is 0. The van der Waals surface area contributed by atoms with Gasteiger partial charge in [0.15, 0.2) is 0 Å². The number of nitrogens with zero attached hydrogens (tertiary/aromatic N) is 2. The first kappa shape index (κ1) is 54.3. The highest BCUT2D eigenvalue weighted by molar-refractivity contribution is 5.99. The summed E-state index contributed by atoms with van der Waals surface area (Å²) in [6.07, 6.45) is 39.0. The highest BCUT2D eigenvalue weighted by Crippen LogP contribution is 2.39. The van der Waals surface area contributed by atoms with E-state index in [4.69, 9.17) is 9.97 Å². The van der Waals surface area contributed by atoms with Crippen LogP contribution in [0.5, 0.6) is 0 Å². The van der Waals surface area contributed by atoms with Crippen molar-refractivity contribution in [3.63, 3.8) is 0 Å². The summed E-state index contributed by atoms with van der Waals surface area (Å²) in [5, 5.41) is 0. The van der Waals surface area contributed by atoms with Crippen LogP contribution in [-0.2, 0) is 25.7 Å². The molecule has 2 N–H and O–H groups in total. The molecule has 4 heteroatoms. The van der Waals surface area contributed by atoms with E-state index in [0.717, 1.165) is 115 Å². The van der Waals surface area contributed by atoms with Crippen LogP contribution in [0.15, 0.2) is 121 Å². The summed E-state index contributed by atoms with van der Waals surface area (Å²) >= 11 is 0. The van der Waals surface area contributed by atoms with Gasteiger partial charge in [0.25, 0.3) is 0 Å². The van der Waals surface area contributed by atoms with Gasteiger partial charge in [-0.2, -0.15) is 0 Å². The van der Waals surface area contributed by atoms with Gasteiger partial charge in [0, 0.05) is 44.3 Å². The SMILES string of the molecule is CCCCCCCc1ccc(-c2c3nc(c(-c4ccc(CCCCCCC)cc4)c4ccc([nH]4)c(-c4ccc(CCCCCCC)cc4)c4nc(c(-c5ccc(CCCCCCC)cc5)c5ccc2[nH]5)C=C4)C=C3)cc1. The molecule has 2 aliphatic heterocycles. The average molecular weight is 1010 g/mol. The summed E-state index contributed by atoms with van der Waals surface area (Å²) in [5.41, 5.74) is 22.5. The first-order chi connectivity index (χ1) is 37.5. The van der Waals surface area contributed by atoms with Crippen LogP contribution in [0.1, 0.15) is 201 Å². The average Bonchev–Trinajstić information content (AvgIpc) is 4.32. The van der Waals surface area contributed by atoms with Gasteiger partial charge >= 0.3 is 0 Å². The third kappa shape index (κ3) is 14.1. The van der Waals surface area contributed by atoms with Gasteiger partial charge in [-0.1, -0.05) is 227 Å². The topological polar surface area (TPSA) is 57.4 Å². The monoisotopic (exact) mass is 1010 g/mol. The molecule has 9 rings (SSSR count). The lowest BCUT2D eigenvalue weighted by molar-refractivity contribution is 0.632. The molecule has 0 aliphatic carbocycles. The van der Waals surface area contributed by atoms with E-state index in [-0.39, 0.29) is 0 Å². The first-order valence-corrected chi connectivity index (χ1v) is 30.1. The van der Waals surface area contributed by atoms with Crippen LogP contribution in [0.25, 0.3) is 90.9 Å². The molecule has 0 saturated heterocycles. The Hall–Kier alpha value is -6.52. The number of aromatic amines is 2. The highest BCUT2D eigenvalue weighted by Gasteiger charge is 2.20. The molecular formula is C72H86N4. The lowest BCUT2D eigenvalue weighted by Crippen LogP contribution is -1.92. The number of fused-ring (bicyclic) bond motifs is 8. The van der Waals surface area contributed by atoms with E-state index in [1.165, 1.54) is 151 Å². The standard InChI is InChI=1S/C72H86N4/c1-5-9-13-17-21-25-53-29-37-57(38-30-53)69-61-45-47-63(73-61)70(58-39-31-54(32-40-58)26-22-18-14-10-6-2)65-49-51-67(75-65)72(60-43-35-56(36-44-60)28-24-20-16-12-8-4)68-52-50-66(76-68)71(64-48-46-62(69)74-64)59-41-33-55(34-42-59)27-23-19-15-11-7-3/h29-52,73,76H,5-28H2,1-4H3. The fourth-order valence-corrected chi connectivity index (χ4v) is 11.5. The maximum Gasteiger partial charge on any atom is 0.0737 e. The van der Waals surface area contributed by atoms with Crippen molar-refractivity contribution in [2.75, 3.05) is 0 Å². The molecule has 5 heterocycles. The third-order valence-corrected chi connectivity index (χ3v) is 16.0. The molecule has 8 bridgehead atoms. The van der Waals surface area contributed by atoms with Crippen molar-refractivity contribution in [2.24, 2.45) is 0 Å². The van der Waals surface area contributed by atoms with Crippen LogP contribution in [0.3, 0.4) is 0 Å². The highest BCUT2D eigenvalue weighted by atomic mass is 14.8. The van der Waals surface area contributed by atoms with Crippen LogP contribution in [-0.4, -0.2) is 19.9 Å². The van der Waals surface area contributed by atoms with Crippen LogP contribution in [0.4, 0.5) is 0 Å². The van der Waals surface area contributed by atoms with Gasteiger partial charge in [0.1, 0.15) is 0 Å². The molecular weight excluding hydrogens is 921 g/mol. The number of rotatable bonds is 28. The number of aryl methyl sites for hydroxylation is 4. The molecule has 3 aromatic heterocycles. The van der Waals surface area contributed by atoms with Crippen LogP contribution >= 0.6 is 0 Å². The lowest BCUT2D eigenvalue weighted by Gasteiger charge is -2.09. The number of unbranched alkanes of at least 4 members (excludes halogenated alkanes) is 16. The number of hydrogen-bond donors (Lipinski definition) is 2. The molecule has 0 radical (unpaired) electrons. The second-order valence-corrected chi connectivity index (χ2v) is 21.9. The van der Waals surface area contributed by atoms with Gasteiger partial charge in [0.2, 0.25) is 0 Å². The van der Waals surface area contributed by atoms with Gasteiger partial charge in [-0.05, 0) is 144 Å². The largest absolute Gasteiger partial charge is 0.354 e. The first-order valence-electron chi connectivity index (χ1n) is 30.1. The van der Waals surface area contributed by atoms with E-state index in [0.29, 0.717) is 0 Å². The fraction of sp³-hybridized carbons (Fsp3) is 0.389. The minimum Gasteiger partial charge on any atom is -0.354 e. The Labute approximate surface area is 456 Å². The smallest absolute Gasteiger partial charge is 0.0737 e. The molecule has 4 nitrogen and oxygen atoms in total. The van der Waals surface area contributed by atoms with E-state index in [1.807, 2.05) is 0 Å². The Morgan fingerprint density at radius 1 is 0.250 bits per heavy atom. The van der Waals surface area contributed by atoms with Crippen molar-refractivity contribution in [3.8, 4) is 44.5 Å². The van der Waals surface area contributed by atoms with Gasteiger partial charge in [-0.25, -0.2) is 9.97 Å². The minimum absolute atomic E-state index is 0.951. The Morgan fingerprint density at radius 3 is 0.671 bits per heavy atom. The number of nitrogens with one attached hydrogen (secondary N) is 2. The molecule has 0 amide bonds.